The normalized spacial score (nSPS) is 12.6. The van der Waals surface area contributed by atoms with Crippen LogP contribution in [-0.4, -0.2) is 26.8 Å². The Morgan fingerprint density at radius 1 is 1.26 bits per heavy atom. The Morgan fingerprint density at radius 2 is 1.95 bits per heavy atom. The van der Waals surface area contributed by atoms with Crippen LogP contribution in [0, 0.1) is 0 Å². The Hall–Kier alpha value is -0.790. The lowest BCUT2D eigenvalue weighted by atomic mass is 10.0. The topological polar surface area (TPSA) is 55.6 Å². The van der Waals surface area contributed by atoms with Crippen LogP contribution in [0.5, 0.6) is 0 Å². The zero-order chi connectivity index (χ0) is 13.8. The highest BCUT2D eigenvalue weighted by Crippen LogP contribution is 2.25. The van der Waals surface area contributed by atoms with Crippen LogP contribution >= 0.6 is 31.9 Å². The van der Waals surface area contributed by atoms with Crippen molar-refractivity contribution in [3.05, 3.63) is 38.5 Å². The van der Waals surface area contributed by atoms with E-state index in [9.17, 15) is 0 Å². The average molecular weight is 389 g/mol. The van der Waals surface area contributed by atoms with Crippen LogP contribution in [0.2, 0.25) is 0 Å². The molecule has 0 saturated heterocycles. The molecule has 102 valence electrons. The lowest BCUT2D eigenvalue weighted by Crippen LogP contribution is -2.23. The van der Waals surface area contributed by atoms with E-state index >= 15 is 0 Å². The summed E-state index contributed by atoms with van der Waals surface area (Å²) in [4.78, 5) is 1.48. The standard InChI is InChI=1S/C12H15Br2N5/c1-3-15-11(7-12-16-18-19(2)17-12)8-4-9(13)6-10(14)5-8/h4-6,11,15H,3,7H2,1-2H3. The molecule has 0 radical (unpaired) electrons. The van der Waals surface area contributed by atoms with Crippen molar-refractivity contribution in [2.45, 2.75) is 19.4 Å². The van der Waals surface area contributed by atoms with E-state index in [-0.39, 0.29) is 6.04 Å². The Balaban J connectivity index is 2.23. The maximum absolute atomic E-state index is 4.23. The molecule has 0 aliphatic rings. The molecule has 0 spiro atoms. The second kappa shape index (κ2) is 6.58. The zero-order valence-electron chi connectivity index (χ0n) is 10.8. The number of likely N-dealkylation sites (N-methyl/N-ethyl adjacent to an activating group) is 1. The van der Waals surface area contributed by atoms with E-state index in [1.807, 2.05) is 6.07 Å². The van der Waals surface area contributed by atoms with E-state index in [4.69, 9.17) is 0 Å². The van der Waals surface area contributed by atoms with E-state index in [0.717, 1.165) is 21.3 Å². The molecule has 2 rings (SSSR count). The van der Waals surface area contributed by atoms with Gasteiger partial charge in [0.2, 0.25) is 0 Å². The van der Waals surface area contributed by atoms with Gasteiger partial charge >= 0.3 is 0 Å². The van der Waals surface area contributed by atoms with Crippen molar-refractivity contribution in [2.24, 2.45) is 7.05 Å². The lowest BCUT2D eigenvalue weighted by Gasteiger charge is -2.17. The zero-order valence-corrected chi connectivity index (χ0v) is 13.9. The van der Waals surface area contributed by atoms with Gasteiger partial charge < -0.3 is 5.32 Å². The van der Waals surface area contributed by atoms with E-state index in [1.165, 1.54) is 10.4 Å². The number of rotatable bonds is 5. The fourth-order valence-electron chi connectivity index (χ4n) is 1.92. The second-order valence-electron chi connectivity index (χ2n) is 4.21. The van der Waals surface area contributed by atoms with Crippen LogP contribution in [0.15, 0.2) is 27.1 Å². The number of nitrogens with zero attached hydrogens (tertiary/aromatic N) is 4. The molecule has 1 heterocycles. The summed E-state index contributed by atoms with van der Waals surface area (Å²) in [5, 5.41) is 15.6. The lowest BCUT2D eigenvalue weighted by molar-refractivity contribution is 0.534. The quantitative estimate of drug-likeness (QED) is 0.855. The van der Waals surface area contributed by atoms with Gasteiger partial charge in [-0.2, -0.15) is 4.80 Å². The first-order chi connectivity index (χ1) is 9.08. The van der Waals surface area contributed by atoms with Gasteiger partial charge in [0.25, 0.3) is 0 Å². The van der Waals surface area contributed by atoms with Gasteiger partial charge in [-0.15, -0.1) is 10.2 Å². The van der Waals surface area contributed by atoms with Crippen molar-refractivity contribution in [1.82, 2.24) is 25.5 Å². The van der Waals surface area contributed by atoms with E-state index in [0.29, 0.717) is 6.42 Å². The summed E-state index contributed by atoms with van der Waals surface area (Å²) in [6.45, 7) is 2.97. The first-order valence-corrected chi connectivity index (χ1v) is 7.59. The minimum absolute atomic E-state index is 0.169. The number of tetrazole rings is 1. The summed E-state index contributed by atoms with van der Waals surface area (Å²) in [6.07, 6.45) is 0.713. The van der Waals surface area contributed by atoms with E-state index < -0.39 is 0 Å². The second-order valence-corrected chi connectivity index (χ2v) is 6.04. The van der Waals surface area contributed by atoms with Crippen LogP contribution in [0.3, 0.4) is 0 Å². The first kappa shape index (κ1) is 14.6. The molecule has 1 aromatic heterocycles. The molecule has 5 nitrogen and oxygen atoms in total. The molecule has 0 saturated carbocycles. The molecule has 0 aliphatic heterocycles. The van der Waals surface area contributed by atoms with Gasteiger partial charge in [0.15, 0.2) is 5.82 Å². The molecule has 1 N–H and O–H groups in total. The van der Waals surface area contributed by atoms with Crippen LogP contribution in [-0.2, 0) is 13.5 Å². The summed E-state index contributed by atoms with van der Waals surface area (Å²) >= 11 is 7.03. The van der Waals surface area contributed by atoms with Crippen molar-refractivity contribution in [1.29, 1.82) is 0 Å². The van der Waals surface area contributed by atoms with Crippen LogP contribution in [0.1, 0.15) is 24.4 Å². The highest BCUT2D eigenvalue weighted by Gasteiger charge is 2.15. The van der Waals surface area contributed by atoms with Crippen LogP contribution in [0.25, 0.3) is 0 Å². The molecule has 2 aromatic rings. The van der Waals surface area contributed by atoms with Crippen molar-refractivity contribution < 1.29 is 0 Å². The number of halogens is 2. The molecule has 0 fully saturated rings. The summed E-state index contributed by atoms with van der Waals surface area (Å²) in [5.74, 6) is 0.740. The van der Waals surface area contributed by atoms with Crippen LogP contribution in [0.4, 0.5) is 0 Å². The predicted molar refractivity (Wildman–Crippen MR) is 80.8 cm³/mol. The third-order valence-corrected chi connectivity index (χ3v) is 3.59. The number of hydrogen-bond acceptors (Lipinski definition) is 4. The number of benzene rings is 1. The Bertz CT molecular complexity index is 535. The Morgan fingerprint density at radius 3 is 2.47 bits per heavy atom. The molecule has 1 atom stereocenters. The van der Waals surface area contributed by atoms with Gasteiger partial charge in [0.1, 0.15) is 0 Å². The fourth-order valence-corrected chi connectivity index (χ4v) is 3.25. The van der Waals surface area contributed by atoms with Gasteiger partial charge in [-0.1, -0.05) is 38.8 Å². The first-order valence-electron chi connectivity index (χ1n) is 6.00. The van der Waals surface area contributed by atoms with Gasteiger partial charge in [0.05, 0.1) is 7.05 Å². The molecular formula is C12H15Br2N5. The fraction of sp³-hybridized carbons (Fsp3) is 0.417. The van der Waals surface area contributed by atoms with Gasteiger partial charge in [-0.05, 0) is 35.5 Å². The van der Waals surface area contributed by atoms with E-state index in [1.54, 1.807) is 7.05 Å². The van der Waals surface area contributed by atoms with Crippen LogP contribution < -0.4 is 5.32 Å². The number of nitrogens with one attached hydrogen (secondary N) is 1. The number of hydrogen-bond donors (Lipinski definition) is 1. The maximum atomic E-state index is 4.23. The highest BCUT2D eigenvalue weighted by atomic mass is 79.9. The summed E-state index contributed by atoms with van der Waals surface area (Å²) in [7, 11) is 1.77. The molecule has 19 heavy (non-hydrogen) atoms. The smallest absolute Gasteiger partial charge is 0.176 e. The molecule has 1 unspecified atom stereocenters. The minimum atomic E-state index is 0.169. The summed E-state index contributed by atoms with van der Waals surface area (Å²) in [6, 6.07) is 6.40. The van der Waals surface area contributed by atoms with Gasteiger partial charge in [-0.3, -0.25) is 0 Å². The van der Waals surface area contributed by atoms with E-state index in [2.05, 4.69) is 71.6 Å². The molecule has 0 aliphatic carbocycles. The third-order valence-electron chi connectivity index (χ3n) is 2.67. The average Bonchev–Trinajstić information content (AvgIpc) is 2.73. The highest BCUT2D eigenvalue weighted by molar-refractivity contribution is 9.11. The van der Waals surface area contributed by atoms with Gasteiger partial charge in [0, 0.05) is 21.4 Å². The minimum Gasteiger partial charge on any atom is -0.310 e. The Labute approximate surface area is 129 Å². The van der Waals surface area contributed by atoms with Crippen molar-refractivity contribution in [3.8, 4) is 0 Å². The van der Waals surface area contributed by atoms with Crippen molar-refractivity contribution in [2.75, 3.05) is 6.54 Å². The monoisotopic (exact) mass is 387 g/mol. The Kier molecular flexibility index (Phi) is 5.06. The SMILES string of the molecule is CCNC(Cc1nnn(C)n1)c1cc(Br)cc(Br)c1. The maximum Gasteiger partial charge on any atom is 0.176 e. The largest absolute Gasteiger partial charge is 0.310 e. The molecule has 0 bridgehead atoms. The molecule has 7 heteroatoms. The molecule has 1 aromatic carbocycles. The van der Waals surface area contributed by atoms with Crippen molar-refractivity contribution >= 4 is 31.9 Å². The molecular weight excluding hydrogens is 374 g/mol. The summed E-state index contributed by atoms with van der Waals surface area (Å²) < 4.78 is 2.10. The predicted octanol–water partition coefficient (Wildman–Crippen LogP) is 2.63. The van der Waals surface area contributed by atoms with Crippen molar-refractivity contribution in [3.63, 3.8) is 0 Å². The third kappa shape index (κ3) is 4.09. The number of aryl methyl sites for hydroxylation is 1. The van der Waals surface area contributed by atoms with Gasteiger partial charge in [-0.25, -0.2) is 0 Å². The number of aromatic nitrogens is 4. The summed E-state index contributed by atoms with van der Waals surface area (Å²) in [5.41, 5.74) is 1.19. The molecule has 0 amide bonds.